The number of carbonyl (C=O) groups is 3. The zero-order valence-corrected chi connectivity index (χ0v) is 26.3. The van der Waals surface area contributed by atoms with Crippen molar-refractivity contribution < 1.29 is 29.0 Å². The van der Waals surface area contributed by atoms with Crippen molar-refractivity contribution in [2.75, 3.05) is 44.3 Å². The minimum atomic E-state index is -1.13. The van der Waals surface area contributed by atoms with Crippen LogP contribution in [0, 0.1) is 11.8 Å². The van der Waals surface area contributed by atoms with Gasteiger partial charge in [0.15, 0.2) is 0 Å². The van der Waals surface area contributed by atoms with E-state index in [-0.39, 0.29) is 35.7 Å². The van der Waals surface area contributed by atoms with Gasteiger partial charge in [0.25, 0.3) is 0 Å². The molecule has 3 aliphatic rings. The first-order valence-electron chi connectivity index (χ1n) is 15.1. The first-order chi connectivity index (χ1) is 20.3. The van der Waals surface area contributed by atoms with E-state index < -0.39 is 29.6 Å². The van der Waals surface area contributed by atoms with Gasteiger partial charge < -0.3 is 29.3 Å². The fraction of sp³-hybridized carbons (Fsp3) is 0.594. The molecule has 1 spiro atoms. The van der Waals surface area contributed by atoms with Crippen LogP contribution in [0.4, 0.5) is 5.69 Å². The van der Waals surface area contributed by atoms with Gasteiger partial charge in [-0.2, -0.15) is 0 Å². The molecular weight excluding hydrogens is 602 g/mol. The number of carbonyl (C=O) groups excluding carboxylic acids is 3. The van der Waals surface area contributed by atoms with Crippen LogP contribution in [0.2, 0.25) is 0 Å². The van der Waals surface area contributed by atoms with E-state index >= 15 is 0 Å². The van der Waals surface area contributed by atoms with E-state index in [9.17, 15) is 19.5 Å². The Bertz CT molecular complexity index is 1150. The highest BCUT2D eigenvalue weighted by Crippen LogP contribution is 2.60. The molecule has 2 bridgehead atoms. The highest BCUT2D eigenvalue weighted by atomic mass is 79.9. The average Bonchev–Trinajstić information content (AvgIpc) is 3.57. The second-order valence-electron chi connectivity index (χ2n) is 11.2. The molecule has 3 fully saturated rings. The zero-order chi connectivity index (χ0) is 30.4. The van der Waals surface area contributed by atoms with Crippen molar-refractivity contribution in [1.82, 2.24) is 9.80 Å². The van der Waals surface area contributed by atoms with Gasteiger partial charge in [-0.05, 0) is 56.9 Å². The van der Waals surface area contributed by atoms with Crippen LogP contribution in [-0.4, -0.2) is 94.6 Å². The summed E-state index contributed by atoms with van der Waals surface area (Å²) in [5.41, 5.74) is -0.461. The van der Waals surface area contributed by atoms with Gasteiger partial charge in [0.05, 0.1) is 24.5 Å². The van der Waals surface area contributed by atoms with E-state index in [2.05, 4.69) is 36.0 Å². The molecule has 4 rings (SSSR count). The number of aliphatic hydroxyl groups excluding tert-OH is 1. The molecule has 42 heavy (non-hydrogen) atoms. The van der Waals surface area contributed by atoms with Crippen LogP contribution < -0.4 is 9.64 Å². The predicted octanol–water partition coefficient (Wildman–Crippen LogP) is 3.94. The highest BCUT2D eigenvalue weighted by Gasteiger charge is 2.76. The van der Waals surface area contributed by atoms with E-state index in [1.165, 1.54) is 0 Å². The smallest absolute Gasteiger partial charge is 0.248 e. The van der Waals surface area contributed by atoms with Gasteiger partial charge in [-0.15, -0.1) is 13.2 Å². The molecular formula is C32H44BrN3O6. The van der Waals surface area contributed by atoms with Crippen LogP contribution in [0.3, 0.4) is 0 Å². The molecule has 1 N–H and O–H groups in total. The number of hydrogen-bond donors (Lipinski definition) is 1. The van der Waals surface area contributed by atoms with Crippen LogP contribution >= 0.6 is 15.9 Å². The van der Waals surface area contributed by atoms with E-state index in [0.717, 1.165) is 12.8 Å². The molecule has 9 nitrogen and oxygen atoms in total. The van der Waals surface area contributed by atoms with Crippen molar-refractivity contribution in [2.24, 2.45) is 11.8 Å². The van der Waals surface area contributed by atoms with Gasteiger partial charge in [0.1, 0.15) is 17.4 Å². The average molecular weight is 647 g/mol. The molecule has 3 unspecified atom stereocenters. The number of halogens is 1. The van der Waals surface area contributed by atoms with Crippen LogP contribution in [0.25, 0.3) is 0 Å². The Balaban J connectivity index is 1.73. The monoisotopic (exact) mass is 645 g/mol. The van der Waals surface area contributed by atoms with Gasteiger partial charge in [0.2, 0.25) is 17.7 Å². The number of amides is 3. The second-order valence-corrected chi connectivity index (χ2v) is 12.4. The predicted molar refractivity (Wildman–Crippen MR) is 166 cm³/mol. The summed E-state index contributed by atoms with van der Waals surface area (Å²) >= 11 is 3.76. The Labute approximate surface area is 257 Å². The van der Waals surface area contributed by atoms with Gasteiger partial charge in [0, 0.05) is 43.3 Å². The van der Waals surface area contributed by atoms with E-state index in [0.29, 0.717) is 56.9 Å². The molecule has 0 aromatic heterocycles. The first kappa shape index (κ1) is 32.2. The summed E-state index contributed by atoms with van der Waals surface area (Å²) in [6, 6.07) is 6.43. The summed E-state index contributed by atoms with van der Waals surface area (Å²) in [7, 11) is 0. The topological polar surface area (TPSA) is 99.6 Å². The number of alkyl halides is 1. The molecule has 3 heterocycles. The molecule has 0 saturated carbocycles. The maximum Gasteiger partial charge on any atom is 0.248 e. The third-order valence-corrected chi connectivity index (χ3v) is 9.44. The van der Waals surface area contributed by atoms with Crippen LogP contribution in [0.1, 0.15) is 46.0 Å². The number of hydrogen-bond acceptors (Lipinski definition) is 6. The highest BCUT2D eigenvalue weighted by molar-refractivity contribution is 9.09. The summed E-state index contributed by atoms with van der Waals surface area (Å²) in [6.07, 6.45) is 6.05. The van der Waals surface area contributed by atoms with Gasteiger partial charge in [-0.25, -0.2) is 0 Å². The Kier molecular flexibility index (Phi) is 10.9. The summed E-state index contributed by atoms with van der Waals surface area (Å²) in [4.78, 5) is 47.8. The molecule has 3 amide bonds. The number of nitrogens with zero attached hydrogens (tertiary/aromatic N) is 3. The van der Waals surface area contributed by atoms with E-state index in [1.54, 1.807) is 26.9 Å². The van der Waals surface area contributed by atoms with Crippen molar-refractivity contribution >= 4 is 39.3 Å². The summed E-state index contributed by atoms with van der Waals surface area (Å²) in [6.45, 7) is 13.7. The van der Waals surface area contributed by atoms with E-state index in [4.69, 9.17) is 9.47 Å². The lowest BCUT2D eigenvalue weighted by Crippen LogP contribution is -2.57. The number of fused-ring (bicyclic) bond motifs is 1. The second kappa shape index (κ2) is 14.2. The quantitative estimate of drug-likeness (QED) is 0.166. The Morgan fingerprint density at radius 2 is 1.86 bits per heavy atom. The van der Waals surface area contributed by atoms with Gasteiger partial charge in [-0.3, -0.25) is 14.4 Å². The number of anilines is 1. The van der Waals surface area contributed by atoms with Gasteiger partial charge in [-0.1, -0.05) is 41.4 Å². The molecule has 3 aliphatic heterocycles. The number of rotatable bonds is 16. The fourth-order valence-electron chi connectivity index (χ4n) is 6.82. The Morgan fingerprint density at radius 3 is 2.48 bits per heavy atom. The summed E-state index contributed by atoms with van der Waals surface area (Å²) in [5.74, 6) is -1.50. The Hall–Kier alpha value is -2.69. The number of aliphatic hydroxyl groups is 1. The molecule has 230 valence electrons. The lowest BCUT2D eigenvalue weighted by Gasteiger charge is -2.37. The van der Waals surface area contributed by atoms with Crippen LogP contribution in [-0.2, 0) is 19.1 Å². The van der Waals surface area contributed by atoms with Crippen LogP contribution in [0.5, 0.6) is 5.75 Å². The third-order valence-electron chi connectivity index (χ3n) is 8.60. The largest absolute Gasteiger partial charge is 0.494 e. The minimum absolute atomic E-state index is 0.00391. The molecule has 1 aromatic carbocycles. The maximum absolute atomic E-state index is 14.4. The number of ether oxygens (including phenoxy) is 2. The molecule has 3 saturated heterocycles. The first-order valence-corrected chi connectivity index (χ1v) is 16.0. The van der Waals surface area contributed by atoms with Crippen LogP contribution in [0.15, 0.2) is 49.6 Å². The summed E-state index contributed by atoms with van der Waals surface area (Å²) in [5, 5.41) is 9.43. The standard InChI is InChI=1S/C32H44BrN3O6/c1-5-9-18-34(16-6-2)31(40)28-32-21-24(33)27(42-32)25(26(32)30(39)36(28)19-10-11-20-37)29(38)35(17-7-3)22-12-14-23(15-13-22)41-8-4/h6-7,12-15,24-28,37H,2-3,5,8-11,16-21H2,1,4H3/t24?,25-,26+,27-,28?,32?/m1/s1. The fourth-order valence-corrected chi connectivity index (χ4v) is 7.76. The number of benzene rings is 1. The zero-order valence-electron chi connectivity index (χ0n) is 24.8. The minimum Gasteiger partial charge on any atom is -0.494 e. The normalized spacial score (nSPS) is 27.6. The SMILES string of the molecule is C=CCN(CCCC)C(=O)C1N(CCCCO)C(=O)[C@@H]2[C@@H](C(=O)N(CC=C)c3ccc(OCC)cc3)[C@@H]3OC12CC3Br. The lowest BCUT2D eigenvalue weighted by atomic mass is 9.70. The molecule has 0 radical (unpaired) electrons. The maximum atomic E-state index is 14.4. The molecule has 6 atom stereocenters. The van der Waals surface area contributed by atoms with Crippen molar-refractivity contribution in [1.29, 1.82) is 0 Å². The van der Waals surface area contributed by atoms with E-state index in [1.807, 2.05) is 31.2 Å². The lowest BCUT2D eigenvalue weighted by molar-refractivity contribution is -0.147. The van der Waals surface area contributed by atoms with Crippen molar-refractivity contribution in [3.05, 3.63) is 49.6 Å². The Morgan fingerprint density at radius 1 is 1.14 bits per heavy atom. The molecule has 1 aromatic rings. The summed E-state index contributed by atoms with van der Waals surface area (Å²) < 4.78 is 12.3. The van der Waals surface area contributed by atoms with Crippen molar-refractivity contribution in [2.45, 2.75) is 68.5 Å². The third kappa shape index (κ3) is 5.90. The van der Waals surface area contributed by atoms with Crippen molar-refractivity contribution in [3.8, 4) is 5.75 Å². The number of unbranched alkanes of at least 4 members (excludes halogenated alkanes) is 2. The molecule has 10 heteroatoms. The molecule has 0 aliphatic carbocycles. The number of likely N-dealkylation sites (tertiary alicyclic amines) is 1. The van der Waals surface area contributed by atoms with Gasteiger partial charge >= 0.3 is 0 Å². The van der Waals surface area contributed by atoms with Crippen molar-refractivity contribution in [3.63, 3.8) is 0 Å².